The number of nitrogens with one attached hydrogen (secondary N) is 1. The van der Waals surface area contributed by atoms with E-state index in [0.29, 0.717) is 0 Å². The number of esters is 1. The number of carbonyl (C=O) groups is 1. The summed E-state index contributed by atoms with van der Waals surface area (Å²) in [7, 11) is 0. The summed E-state index contributed by atoms with van der Waals surface area (Å²) in [6.07, 6.45) is 0. The summed E-state index contributed by atoms with van der Waals surface area (Å²) in [6, 6.07) is 8.66. The zero-order valence-electron chi connectivity index (χ0n) is 10.3. The van der Waals surface area contributed by atoms with Gasteiger partial charge < -0.3 is 4.74 Å². The van der Waals surface area contributed by atoms with Gasteiger partial charge in [-0.1, -0.05) is 18.2 Å². The second-order valence-corrected chi connectivity index (χ2v) is 3.85. The number of hydrogen-bond acceptors (Lipinski definition) is 3. The van der Waals surface area contributed by atoms with Gasteiger partial charge in [0, 0.05) is 6.07 Å². The van der Waals surface area contributed by atoms with Crippen LogP contribution in [0.1, 0.15) is 23.0 Å². The van der Waals surface area contributed by atoms with Crippen LogP contribution in [-0.2, 0) is 4.74 Å². The van der Waals surface area contributed by atoms with E-state index in [-0.39, 0.29) is 17.9 Å². The Morgan fingerprint density at radius 2 is 2.11 bits per heavy atom. The van der Waals surface area contributed by atoms with Gasteiger partial charge in [0.2, 0.25) is 0 Å². The van der Waals surface area contributed by atoms with Crippen LogP contribution in [-0.4, -0.2) is 22.4 Å². The van der Waals surface area contributed by atoms with E-state index in [0.717, 1.165) is 11.3 Å². The van der Waals surface area contributed by atoms with Gasteiger partial charge in [-0.15, -0.1) is 0 Å². The number of para-hydroxylation sites is 1. The number of hydrogen-bond donors (Lipinski definition) is 1. The number of rotatable bonds is 3. The monoisotopic (exact) mass is 246 g/mol. The minimum Gasteiger partial charge on any atom is -0.461 e. The van der Waals surface area contributed by atoms with E-state index in [1.165, 1.54) is 10.7 Å². The molecule has 2 aromatic rings. The first-order valence-corrected chi connectivity index (χ1v) is 5.68. The first-order chi connectivity index (χ1) is 8.63. The first kappa shape index (κ1) is 12.2. The molecule has 0 amide bonds. The summed E-state index contributed by atoms with van der Waals surface area (Å²) < 4.78 is 6.17. The van der Waals surface area contributed by atoms with Crippen molar-refractivity contribution in [1.82, 2.24) is 9.78 Å². The highest BCUT2D eigenvalue weighted by Gasteiger charge is 2.13. The van der Waals surface area contributed by atoms with Crippen LogP contribution >= 0.6 is 0 Å². The van der Waals surface area contributed by atoms with Crippen LogP contribution in [0, 0.1) is 6.92 Å². The van der Waals surface area contributed by atoms with Crippen LogP contribution in [0.3, 0.4) is 0 Å². The molecule has 2 rings (SSSR count). The van der Waals surface area contributed by atoms with E-state index in [4.69, 9.17) is 4.74 Å². The number of aryl methyl sites for hydroxylation is 1. The van der Waals surface area contributed by atoms with E-state index in [1.54, 1.807) is 6.92 Å². The van der Waals surface area contributed by atoms with Crippen molar-refractivity contribution in [2.75, 3.05) is 6.61 Å². The molecule has 0 fully saturated rings. The Balaban J connectivity index is 2.45. The lowest BCUT2D eigenvalue weighted by Crippen LogP contribution is -2.14. The minimum atomic E-state index is -0.526. The van der Waals surface area contributed by atoms with E-state index < -0.39 is 5.97 Å². The van der Waals surface area contributed by atoms with Gasteiger partial charge in [-0.25, -0.2) is 9.48 Å². The van der Waals surface area contributed by atoms with Gasteiger partial charge in [-0.2, -0.15) is 0 Å². The quantitative estimate of drug-likeness (QED) is 0.837. The molecule has 0 aliphatic heterocycles. The van der Waals surface area contributed by atoms with Crippen molar-refractivity contribution in [2.45, 2.75) is 13.8 Å². The first-order valence-electron chi connectivity index (χ1n) is 5.68. The third kappa shape index (κ3) is 2.20. The number of aromatic nitrogens is 2. The molecular weight excluding hydrogens is 232 g/mol. The molecule has 5 heteroatoms. The number of H-pyrrole nitrogens is 1. The van der Waals surface area contributed by atoms with Gasteiger partial charge in [-0.05, 0) is 25.5 Å². The van der Waals surface area contributed by atoms with Crippen molar-refractivity contribution >= 4 is 5.97 Å². The summed E-state index contributed by atoms with van der Waals surface area (Å²) in [5, 5.41) is 2.75. The zero-order chi connectivity index (χ0) is 13.1. The third-order valence-electron chi connectivity index (χ3n) is 2.57. The van der Waals surface area contributed by atoms with E-state index in [1.807, 2.05) is 31.2 Å². The molecule has 0 aliphatic rings. The number of ether oxygens (including phenoxy) is 1. The van der Waals surface area contributed by atoms with Crippen molar-refractivity contribution in [3.63, 3.8) is 0 Å². The number of nitrogens with zero attached hydrogens (tertiary/aromatic N) is 1. The smallest absolute Gasteiger partial charge is 0.356 e. The van der Waals surface area contributed by atoms with Crippen LogP contribution < -0.4 is 5.56 Å². The number of aromatic amines is 1. The molecule has 5 nitrogen and oxygen atoms in total. The second kappa shape index (κ2) is 4.91. The standard InChI is InChI=1S/C13H14N2O3/c1-3-18-13(17)10-8-12(16)15(14-10)11-7-5-4-6-9(11)2/h4-8,14H,3H2,1-2H3. The molecule has 0 bridgehead atoms. The highest BCUT2D eigenvalue weighted by molar-refractivity contribution is 5.87. The average molecular weight is 246 g/mol. The maximum absolute atomic E-state index is 11.8. The molecule has 0 unspecified atom stereocenters. The second-order valence-electron chi connectivity index (χ2n) is 3.85. The summed E-state index contributed by atoms with van der Waals surface area (Å²) in [5.74, 6) is -0.526. The van der Waals surface area contributed by atoms with Gasteiger partial charge in [-0.3, -0.25) is 9.89 Å². The van der Waals surface area contributed by atoms with Crippen LogP contribution in [0.4, 0.5) is 0 Å². The summed E-state index contributed by atoms with van der Waals surface area (Å²) in [5.41, 5.74) is 1.53. The molecule has 0 saturated carbocycles. The largest absolute Gasteiger partial charge is 0.461 e. The maximum atomic E-state index is 11.8. The fourth-order valence-electron chi connectivity index (χ4n) is 1.70. The van der Waals surface area contributed by atoms with E-state index >= 15 is 0 Å². The van der Waals surface area contributed by atoms with E-state index in [9.17, 15) is 9.59 Å². The Morgan fingerprint density at radius 3 is 2.78 bits per heavy atom. The lowest BCUT2D eigenvalue weighted by Gasteiger charge is -2.05. The van der Waals surface area contributed by atoms with Gasteiger partial charge in [0.05, 0.1) is 12.3 Å². The summed E-state index contributed by atoms with van der Waals surface area (Å²) >= 11 is 0. The van der Waals surface area contributed by atoms with Crippen molar-refractivity contribution in [1.29, 1.82) is 0 Å². The number of carbonyl (C=O) groups excluding carboxylic acids is 1. The summed E-state index contributed by atoms with van der Waals surface area (Å²) in [4.78, 5) is 23.3. The van der Waals surface area contributed by atoms with Crippen LogP contribution in [0.15, 0.2) is 35.1 Å². The van der Waals surface area contributed by atoms with Gasteiger partial charge in [0.1, 0.15) is 5.69 Å². The fourth-order valence-corrected chi connectivity index (χ4v) is 1.70. The minimum absolute atomic E-state index is 0.158. The van der Waals surface area contributed by atoms with Gasteiger partial charge in [0.25, 0.3) is 5.56 Å². The average Bonchev–Trinajstić information content (AvgIpc) is 2.72. The molecule has 1 aromatic carbocycles. The summed E-state index contributed by atoms with van der Waals surface area (Å²) in [6.45, 7) is 3.89. The van der Waals surface area contributed by atoms with Crippen LogP contribution in [0.2, 0.25) is 0 Å². The Hall–Kier alpha value is -2.30. The Labute approximate surface area is 104 Å². The molecule has 0 atom stereocenters. The molecule has 1 aromatic heterocycles. The van der Waals surface area contributed by atoms with Gasteiger partial charge >= 0.3 is 5.97 Å². The van der Waals surface area contributed by atoms with Crippen molar-refractivity contribution in [2.24, 2.45) is 0 Å². The molecule has 1 heterocycles. The van der Waals surface area contributed by atoms with Crippen molar-refractivity contribution < 1.29 is 9.53 Å². The molecule has 1 N–H and O–H groups in total. The van der Waals surface area contributed by atoms with Gasteiger partial charge in [0.15, 0.2) is 0 Å². The van der Waals surface area contributed by atoms with E-state index in [2.05, 4.69) is 5.10 Å². The Morgan fingerprint density at radius 1 is 1.39 bits per heavy atom. The Bertz CT molecular complexity index is 625. The molecule has 94 valence electrons. The van der Waals surface area contributed by atoms with Crippen molar-refractivity contribution in [3.8, 4) is 5.69 Å². The van der Waals surface area contributed by atoms with Crippen LogP contribution in [0.25, 0.3) is 5.69 Å². The normalized spacial score (nSPS) is 10.3. The lowest BCUT2D eigenvalue weighted by atomic mass is 10.2. The third-order valence-corrected chi connectivity index (χ3v) is 2.57. The molecular formula is C13H14N2O3. The predicted molar refractivity (Wildman–Crippen MR) is 67.1 cm³/mol. The molecule has 0 radical (unpaired) electrons. The number of benzene rings is 1. The zero-order valence-corrected chi connectivity index (χ0v) is 10.3. The SMILES string of the molecule is CCOC(=O)c1cc(=O)n(-c2ccccc2C)[nH]1. The molecule has 0 saturated heterocycles. The maximum Gasteiger partial charge on any atom is 0.356 e. The topological polar surface area (TPSA) is 64.1 Å². The Kier molecular flexibility index (Phi) is 3.32. The lowest BCUT2D eigenvalue weighted by molar-refractivity contribution is 0.0519. The van der Waals surface area contributed by atoms with Crippen LogP contribution in [0.5, 0.6) is 0 Å². The fraction of sp³-hybridized carbons (Fsp3) is 0.231. The predicted octanol–water partition coefficient (Wildman–Crippen LogP) is 1.65. The van der Waals surface area contributed by atoms with Crippen molar-refractivity contribution in [3.05, 3.63) is 51.9 Å². The highest BCUT2D eigenvalue weighted by Crippen LogP contribution is 2.10. The highest BCUT2D eigenvalue weighted by atomic mass is 16.5. The molecule has 0 aliphatic carbocycles. The molecule has 0 spiro atoms. The molecule has 18 heavy (non-hydrogen) atoms.